The first-order valence-corrected chi connectivity index (χ1v) is 10.5. The van der Waals surface area contributed by atoms with E-state index in [1.807, 2.05) is 19.1 Å². The molecule has 0 saturated heterocycles. The molecule has 0 unspecified atom stereocenters. The van der Waals surface area contributed by atoms with Crippen molar-refractivity contribution < 1.29 is 32.5 Å². The molecular formula is C25H23F3N2O4. The van der Waals surface area contributed by atoms with E-state index in [4.69, 9.17) is 9.15 Å². The molecule has 6 nitrogen and oxygen atoms in total. The van der Waals surface area contributed by atoms with Gasteiger partial charge in [0.05, 0.1) is 12.7 Å². The average molecular weight is 472 g/mol. The van der Waals surface area contributed by atoms with Gasteiger partial charge in [-0.2, -0.15) is 18.2 Å². The predicted molar refractivity (Wildman–Crippen MR) is 121 cm³/mol. The second-order valence-electron chi connectivity index (χ2n) is 7.93. The fourth-order valence-electron chi connectivity index (χ4n) is 3.77. The van der Waals surface area contributed by atoms with Crippen LogP contribution < -0.4 is 10.1 Å². The summed E-state index contributed by atoms with van der Waals surface area (Å²) < 4.78 is 51.5. The van der Waals surface area contributed by atoms with Gasteiger partial charge in [0.1, 0.15) is 11.3 Å². The normalized spacial score (nSPS) is 11.9. The number of methoxy groups -OCH3 is 1. The number of hydrogen-bond donors (Lipinski definition) is 3. The number of aromatic nitrogens is 1. The first-order valence-electron chi connectivity index (χ1n) is 10.5. The third-order valence-corrected chi connectivity index (χ3v) is 5.38. The molecule has 0 fully saturated rings. The molecule has 0 spiro atoms. The highest BCUT2D eigenvalue weighted by Crippen LogP contribution is 2.38. The predicted octanol–water partition coefficient (Wildman–Crippen LogP) is 5.30. The maximum atomic E-state index is 13.5. The fourth-order valence-corrected chi connectivity index (χ4v) is 3.77. The summed E-state index contributed by atoms with van der Waals surface area (Å²) in [4.78, 5) is 4.36. The topological polar surface area (TPSA) is 87.8 Å². The number of nitrogens with one attached hydrogen (secondary N) is 1. The van der Waals surface area contributed by atoms with Gasteiger partial charge in [-0.3, -0.25) is 0 Å². The Morgan fingerprint density at radius 3 is 2.53 bits per heavy atom. The van der Waals surface area contributed by atoms with Crippen molar-refractivity contribution in [3.63, 3.8) is 0 Å². The van der Waals surface area contributed by atoms with E-state index >= 15 is 0 Å². The Balaban J connectivity index is 1.74. The molecule has 0 amide bonds. The molecule has 0 aliphatic heterocycles. The Morgan fingerprint density at radius 1 is 1.03 bits per heavy atom. The number of alkyl halides is 3. The number of rotatable bonds is 7. The molecule has 1 heterocycles. The minimum atomic E-state index is -4.52. The van der Waals surface area contributed by atoms with Crippen molar-refractivity contribution in [2.45, 2.75) is 32.4 Å². The SMILES string of the molecule is COc1ccc(CC(O)O)cc1-c1ccc(C(F)(F)F)cc1CNc1nc2cc(C)ccc2o1. The summed E-state index contributed by atoms with van der Waals surface area (Å²) in [6, 6.07) is 14.2. The fraction of sp³-hybridized carbons (Fsp3) is 0.240. The molecule has 3 aromatic carbocycles. The second-order valence-corrected chi connectivity index (χ2v) is 7.93. The molecule has 0 radical (unpaired) electrons. The van der Waals surface area contributed by atoms with Crippen LogP contribution in [0.1, 0.15) is 22.3 Å². The number of aryl methyl sites for hydroxylation is 1. The molecule has 3 N–H and O–H groups in total. The van der Waals surface area contributed by atoms with Gasteiger partial charge in [-0.15, -0.1) is 0 Å². The molecular weight excluding hydrogens is 449 g/mol. The summed E-state index contributed by atoms with van der Waals surface area (Å²) >= 11 is 0. The standard InChI is InChI=1S/C25H23F3N2O4/c1-14-3-7-22-20(9-14)30-24(34-22)29-13-16-12-17(25(26,27)28)5-6-18(16)19-10-15(11-23(31)32)4-8-21(19)33-2/h3-10,12,23,31-32H,11,13H2,1-2H3,(H,29,30). The molecule has 34 heavy (non-hydrogen) atoms. The number of ether oxygens (including phenoxy) is 1. The zero-order chi connectivity index (χ0) is 24.5. The minimum absolute atomic E-state index is 0.00106. The third kappa shape index (κ3) is 5.16. The van der Waals surface area contributed by atoms with E-state index in [9.17, 15) is 23.4 Å². The number of halogens is 3. The van der Waals surface area contributed by atoms with Crippen LogP contribution in [-0.2, 0) is 19.1 Å². The van der Waals surface area contributed by atoms with Crippen molar-refractivity contribution in [2.75, 3.05) is 12.4 Å². The van der Waals surface area contributed by atoms with Gasteiger partial charge in [0, 0.05) is 18.5 Å². The number of oxazole rings is 1. The first-order chi connectivity index (χ1) is 16.1. The number of aliphatic hydroxyl groups excluding tert-OH is 1. The number of benzene rings is 3. The Bertz CT molecular complexity index is 1320. The average Bonchev–Trinajstić information content (AvgIpc) is 3.18. The lowest BCUT2D eigenvalue weighted by Crippen LogP contribution is -2.10. The third-order valence-electron chi connectivity index (χ3n) is 5.38. The lowest BCUT2D eigenvalue weighted by Gasteiger charge is -2.17. The van der Waals surface area contributed by atoms with Gasteiger partial charge >= 0.3 is 6.18 Å². The van der Waals surface area contributed by atoms with Crippen molar-refractivity contribution in [1.82, 2.24) is 4.98 Å². The van der Waals surface area contributed by atoms with Crippen LogP contribution in [0.3, 0.4) is 0 Å². The molecule has 178 valence electrons. The molecule has 0 aliphatic rings. The van der Waals surface area contributed by atoms with Crippen LogP contribution in [0.2, 0.25) is 0 Å². The lowest BCUT2D eigenvalue weighted by atomic mass is 9.94. The number of anilines is 1. The van der Waals surface area contributed by atoms with E-state index in [1.165, 1.54) is 13.2 Å². The zero-order valence-corrected chi connectivity index (χ0v) is 18.5. The summed E-state index contributed by atoms with van der Waals surface area (Å²) in [6.45, 7) is 1.93. The maximum absolute atomic E-state index is 13.5. The highest BCUT2D eigenvalue weighted by Gasteiger charge is 2.31. The zero-order valence-electron chi connectivity index (χ0n) is 18.5. The van der Waals surface area contributed by atoms with E-state index in [0.717, 1.165) is 17.7 Å². The molecule has 1 aromatic heterocycles. The smallest absolute Gasteiger partial charge is 0.416 e. The highest BCUT2D eigenvalue weighted by atomic mass is 19.4. The highest BCUT2D eigenvalue weighted by molar-refractivity contribution is 5.76. The molecule has 4 aromatic rings. The lowest BCUT2D eigenvalue weighted by molar-refractivity contribution is -0.137. The molecule has 0 saturated carbocycles. The number of aliphatic hydroxyl groups is 2. The van der Waals surface area contributed by atoms with E-state index < -0.39 is 18.0 Å². The minimum Gasteiger partial charge on any atom is -0.496 e. The Morgan fingerprint density at radius 2 is 1.82 bits per heavy atom. The van der Waals surface area contributed by atoms with Gasteiger partial charge in [-0.1, -0.05) is 18.2 Å². The maximum Gasteiger partial charge on any atom is 0.416 e. The van der Waals surface area contributed by atoms with Crippen molar-refractivity contribution >= 4 is 17.1 Å². The van der Waals surface area contributed by atoms with Crippen LogP contribution in [0, 0.1) is 6.92 Å². The number of nitrogens with zero attached hydrogens (tertiary/aromatic N) is 1. The van der Waals surface area contributed by atoms with Crippen molar-refractivity contribution in [3.8, 4) is 16.9 Å². The van der Waals surface area contributed by atoms with Crippen LogP contribution in [-0.4, -0.2) is 28.6 Å². The summed E-state index contributed by atoms with van der Waals surface area (Å²) in [5.74, 6) is 0.439. The quantitative estimate of drug-likeness (QED) is 0.317. The molecule has 9 heteroatoms. The van der Waals surface area contributed by atoms with Gasteiger partial charge in [0.25, 0.3) is 6.01 Å². The second kappa shape index (κ2) is 9.36. The van der Waals surface area contributed by atoms with Crippen LogP contribution in [0.25, 0.3) is 22.2 Å². The van der Waals surface area contributed by atoms with Crippen molar-refractivity contribution in [1.29, 1.82) is 0 Å². The van der Waals surface area contributed by atoms with Crippen LogP contribution in [0.5, 0.6) is 5.75 Å². The van der Waals surface area contributed by atoms with Crippen LogP contribution >= 0.6 is 0 Å². The summed E-state index contributed by atoms with van der Waals surface area (Å²) in [7, 11) is 1.46. The van der Waals surface area contributed by atoms with Crippen LogP contribution in [0.4, 0.5) is 19.2 Å². The van der Waals surface area contributed by atoms with Gasteiger partial charge in [0.15, 0.2) is 11.9 Å². The molecule has 4 rings (SSSR count). The molecule has 0 bridgehead atoms. The first kappa shape index (κ1) is 23.6. The van der Waals surface area contributed by atoms with E-state index in [2.05, 4.69) is 10.3 Å². The van der Waals surface area contributed by atoms with Gasteiger partial charge in [-0.05, 0) is 65.6 Å². The van der Waals surface area contributed by atoms with E-state index in [0.29, 0.717) is 39.1 Å². The van der Waals surface area contributed by atoms with E-state index in [-0.39, 0.29) is 19.0 Å². The number of fused-ring (bicyclic) bond motifs is 1. The Kier molecular flexibility index (Phi) is 6.49. The summed E-state index contributed by atoms with van der Waals surface area (Å²) in [6.07, 6.45) is -6.11. The van der Waals surface area contributed by atoms with Gasteiger partial charge in [0.2, 0.25) is 0 Å². The summed E-state index contributed by atoms with van der Waals surface area (Å²) in [5, 5.41) is 21.6. The largest absolute Gasteiger partial charge is 0.496 e. The van der Waals surface area contributed by atoms with Gasteiger partial charge in [-0.25, -0.2) is 0 Å². The molecule has 0 aliphatic carbocycles. The number of hydrogen-bond acceptors (Lipinski definition) is 6. The monoisotopic (exact) mass is 472 g/mol. The Hall–Kier alpha value is -3.56. The summed E-state index contributed by atoms with van der Waals surface area (Å²) in [5.41, 5.74) is 3.39. The van der Waals surface area contributed by atoms with Crippen molar-refractivity contribution in [3.05, 3.63) is 76.9 Å². The Labute approximate surface area is 193 Å². The van der Waals surface area contributed by atoms with Gasteiger partial charge < -0.3 is 24.7 Å². The molecule has 0 atom stereocenters. The van der Waals surface area contributed by atoms with Crippen LogP contribution in [0.15, 0.2) is 59.0 Å². The van der Waals surface area contributed by atoms with Crippen molar-refractivity contribution in [2.24, 2.45) is 0 Å². The van der Waals surface area contributed by atoms with E-state index in [1.54, 1.807) is 24.3 Å².